The van der Waals surface area contributed by atoms with Crippen LogP contribution in [0.15, 0.2) is 24.3 Å². The molecule has 1 N–H and O–H groups in total. The summed E-state index contributed by atoms with van der Waals surface area (Å²) in [4.78, 5) is 0.791. The zero-order chi connectivity index (χ0) is 12.5. The molecule has 2 rings (SSSR count). The molecule has 1 unspecified atom stereocenters. The molecule has 0 spiro atoms. The summed E-state index contributed by atoms with van der Waals surface area (Å²) < 4.78 is 48.5. The summed E-state index contributed by atoms with van der Waals surface area (Å²) in [5, 5.41) is 0. The fourth-order valence-electron chi connectivity index (χ4n) is 2.03. The Hall–Kier alpha value is -1.05. The van der Waals surface area contributed by atoms with Gasteiger partial charge in [0.2, 0.25) is 0 Å². The van der Waals surface area contributed by atoms with Crippen LogP contribution in [0.25, 0.3) is 0 Å². The highest BCUT2D eigenvalue weighted by Crippen LogP contribution is 2.28. The van der Waals surface area contributed by atoms with Gasteiger partial charge in [-0.25, -0.2) is 4.39 Å². The van der Waals surface area contributed by atoms with E-state index in [9.17, 15) is 17.3 Å². The van der Waals surface area contributed by atoms with E-state index >= 15 is 0 Å². The molecular weight excluding hydrogens is 250 g/mol. The van der Waals surface area contributed by atoms with Crippen molar-refractivity contribution in [3.8, 4) is 0 Å². The lowest BCUT2D eigenvalue weighted by Gasteiger charge is -2.14. The van der Waals surface area contributed by atoms with E-state index in [2.05, 4.69) is 0 Å². The number of hydrogen-bond donors (Lipinski definition) is 1. The maximum atomic E-state index is 13.0. The molecule has 94 valence electrons. The number of hydrogen-bond acceptors (Lipinski definition) is 2. The van der Waals surface area contributed by atoms with E-state index in [4.69, 9.17) is 0 Å². The van der Waals surface area contributed by atoms with Crippen LogP contribution in [0.5, 0.6) is 0 Å². The Morgan fingerprint density at radius 3 is 2.82 bits per heavy atom. The lowest BCUT2D eigenvalue weighted by atomic mass is 9.99. The average Bonchev–Trinajstić information content (AvgIpc) is 2.79. The lowest BCUT2D eigenvalue weighted by Crippen LogP contribution is -2.35. The third kappa shape index (κ3) is 2.62. The summed E-state index contributed by atoms with van der Waals surface area (Å²) in [6, 6.07) is 6.03. The molecule has 1 saturated heterocycles. The summed E-state index contributed by atoms with van der Waals surface area (Å²) in [5.74, 6) is -0.443. The van der Waals surface area contributed by atoms with Gasteiger partial charge in [0.05, 0.1) is 0 Å². The molecule has 17 heavy (non-hydrogen) atoms. The van der Waals surface area contributed by atoms with Crippen LogP contribution < -0.4 is 4.94 Å². The van der Waals surface area contributed by atoms with Crippen molar-refractivity contribution in [1.29, 1.82) is 0 Å². The molecule has 4 nitrogen and oxygen atoms in total. The number of benzene rings is 1. The topological polar surface area (TPSA) is 49.4 Å². The largest absolute Gasteiger partial charge is 0.305 e. The molecule has 0 saturated carbocycles. The van der Waals surface area contributed by atoms with Gasteiger partial charge >= 0.3 is 10.2 Å². The average molecular weight is 262 g/mol. The summed E-state index contributed by atoms with van der Waals surface area (Å²) in [6.07, 6.45) is 0.560. The molecule has 1 aliphatic rings. The van der Waals surface area contributed by atoms with E-state index in [1.54, 1.807) is 12.1 Å². The van der Waals surface area contributed by atoms with Crippen molar-refractivity contribution in [3.05, 3.63) is 35.6 Å². The highest BCUT2D eigenvalue weighted by Gasteiger charge is 2.32. The molecule has 1 aromatic rings. The van der Waals surface area contributed by atoms with Crippen LogP contribution in [0.4, 0.5) is 8.87 Å². The third-order valence-corrected chi connectivity index (χ3v) is 4.11. The van der Waals surface area contributed by atoms with Crippen molar-refractivity contribution < 1.29 is 17.3 Å². The van der Waals surface area contributed by atoms with Crippen molar-refractivity contribution in [1.82, 2.24) is 9.25 Å². The van der Waals surface area contributed by atoms with Gasteiger partial charge in [-0.1, -0.05) is 12.1 Å². The molecule has 1 fully saturated rings. The van der Waals surface area contributed by atoms with Crippen molar-refractivity contribution >= 4 is 10.2 Å². The minimum absolute atomic E-state index is 0.0891. The van der Waals surface area contributed by atoms with E-state index in [1.165, 1.54) is 12.1 Å². The van der Waals surface area contributed by atoms with Crippen molar-refractivity contribution in [2.75, 3.05) is 13.1 Å². The van der Waals surface area contributed by atoms with Gasteiger partial charge in [-0.3, -0.25) is 0 Å². The van der Waals surface area contributed by atoms with Crippen molar-refractivity contribution in [3.63, 3.8) is 0 Å². The second kappa shape index (κ2) is 4.67. The standard InChI is InChI=1S/C10H12F2N2O2S/c11-10-3-1-2-8(6-10)9-4-5-14(7-9)17(15,16)13-12/h1-3,6,9,13H,4-5,7H2. The Kier molecular flexibility index (Phi) is 3.41. The van der Waals surface area contributed by atoms with E-state index in [0.29, 0.717) is 6.42 Å². The zero-order valence-electron chi connectivity index (χ0n) is 8.94. The molecular formula is C10H12F2N2O2S. The first-order valence-corrected chi connectivity index (χ1v) is 6.60. The fraction of sp³-hybridized carbons (Fsp3) is 0.400. The van der Waals surface area contributed by atoms with Crippen LogP contribution in [0.1, 0.15) is 17.9 Å². The summed E-state index contributed by atoms with van der Waals surface area (Å²) in [6.45, 7) is 0.406. The van der Waals surface area contributed by atoms with Crippen LogP contribution in [0.2, 0.25) is 0 Å². The highest BCUT2D eigenvalue weighted by atomic mass is 32.2. The van der Waals surface area contributed by atoms with Gasteiger partial charge in [-0.05, 0) is 35.0 Å². The molecule has 0 aromatic heterocycles. The first kappa shape index (κ1) is 12.4. The molecule has 1 aromatic carbocycles. The molecule has 0 aliphatic carbocycles. The van der Waals surface area contributed by atoms with Crippen LogP contribution in [-0.4, -0.2) is 25.8 Å². The van der Waals surface area contributed by atoms with Crippen LogP contribution in [-0.2, 0) is 10.2 Å². The third-order valence-electron chi connectivity index (χ3n) is 2.91. The summed E-state index contributed by atoms with van der Waals surface area (Å²) >= 11 is 0. The maximum Gasteiger partial charge on any atom is 0.305 e. The lowest BCUT2D eigenvalue weighted by molar-refractivity contribution is 0.380. The minimum atomic E-state index is -4.03. The number of nitrogens with one attached hydrogen (secondary N) is 1. The second-order valence-electron chi connectivity index (χ2n) is 3.98. The van der Waals surface area contributed by atoms with Crippen molar-refractivity contribution in [2.24, 2.45) is 0 Å². The first-order chi connectivity index (χ1) is 8.03. The molecule has 1 heterocycles. The Morgan fingerprint density at radius 2 is 2.18 bits per heavy atom. The van der Waals surface area contributed by atoms with Crippen LogP contribution >= 0.6 is 0 Å². The molecule has 0 radical (unpaired) electrons. The highest BCUT2D eigenvalue weighted by molar-refractivity contribution is 7.87. The predicted octanol–water partition coefficient (Wildman–Crippen LogP) is 1.33. The predicted molar refractivity (Wildman–Crippen MR) is 58.5 cm³/mol. The van der Waals surface area contributed by atoms with E-state index < -0.39 is 10.2 Å². The monoisotopic (exact) mass is 262 g/mol. The van der Waals surface area contributed by atoms with E-state index in [-0.39, 0.29) is 24.8 Å². The Bertz CT molecular complexity index is 507. The molecule has 0 amide bonds. The van der Waals surface area contributed by atoms with Crippen molar-refractivity contribution in [2.45, 2.75) is 12.3 Å². The van der Waals surface area contributed by atoms with Gasteiger partial charge in [-0.2, -0.15) is 12.7 Å². The maximum absolute atomic E-state index is 13.0. The van der Waals surface area contributed by atoms with E-state index in [1.807, 2.05) is 0 Å². The normalized spacial score (nSPS) is 21.9. The SMILES string of the molecule is O=S(=O)(NF)N1CCC(c2cccc(F)c2)C1. The Labute approximate surface area is 98.4 Å². The number of nitrogens with zero attached hydrogens (tertiary/aromatic N) is 1. The molecule has 1 atom stereocenters. The van der Waals surface area contributed by atoms with Gasteiger partial charge in [0, 0.05) is 13.1 Å². The molecule has 7 heteroatoms. The van der Waals surface area contributed by atoms with Crippen LogP contribution in [0.3, 0.4) is 0 Å². The Morgan fingerprint density at radius 1 is 1.41 bits per heavy atom. The van der Waals surface area contributed by atoms with Gasteiger partial charge < -0.3 is 0 Å². The van der Waals surface area contributed by atoms with Gasteiger partial charge in [0.1, 0.15) is 5.82 Å². The molecule has 1 aliphatic heterocycles. The quantitative estimate of drug-likeness (QED) is 0.836. The van der Waals surface area contributed by atoms with Gasteiger partial charge in [0.25, 0.3) is 0 Å². The van der Waals surface area contributed by atoms with Gasteiger partial charge in [0.15, 0.2) is 0 Å². The van der Waals surface area contributed by atoms with Crippen LogP contribution in [0, 0.1) is 5.82 Å². The zero-order valence-corrected chi connectivity index (χ0v) is 9.75. The fourth-order valence-corrected chi connectivity index (χ4v) is 2.85. The number of halogens is 2. The Balaban J connectivity index is 2.13. The van der Waals surface area contributed by atoms with E-state index in [0.717, 1.165) is 14.8 Å². The first-order valence-electron chi connectivity index (χ1n) is 5.16. The number of rotatable bonds is 3. The summed E-state index contributed by atoms with van der Waals surface area (Å²) in [5.41, 5.74) is 0.738. The minimum Gasteiger partial charge on any atom is -0.207 e. The molecule has 0 bridgehead atoms. The van der Waals surface area contributed by atoms with Gasteiger partial charge in [-0.15, -0.1) is 4.48 Å². The second-order valence-corrected chi connectivity index (χ2v) is 5.60. The summed E-state index contributed by atoms with van der Waals surface area (Å²) in [7, 11) is -4.03. The smallest absolute Gasteiger partial charge is 0.207 e.